The third kappa shape index (κ3) is 2.76. The molecule has 0 aliphatic rings. The van der Waals surface area contributed by atoms with Crippen LogP contribution in [0.25, 0.3) is 10.8 Å². The summed E-state index contributed by atoms with van der Waals surface area (Å²) in [7, 11) is -3.66. The van der Waals surface area contributed by atoms with Gasteiger partial charge in [0.2, 0.25) is 0 Å². The Morgan fingerprint density at radius 1 is 1.19 bits per heavy atom. The minimum atomic E-state index is -3.66. The zero-order chi connectivity index (χ0) is 14.9. The number of nitrogens with zero attached hydrogens (tertiary/aromatic N) is 1. The first-order chi connectivity index (χ1) is 10.1. The number of aliphatic hydroxyl groups is 1. The SMILES string of the molecule is O=S(=O)(Nc1cccc2cnccc12)c1ccc(CO)s1. The van der Waals surface area contributed by atoms with Crippen LogP contribution in [0.5, 0.6) is 0 Å². The number of nitrogens with one attached hydrogen (secondary N) is 1. The molecule has 7 heteroatoms. The van der Waals surface area contributed by atoms with Crippen LogP contribution in [0.3, 0.4) is 0 Å². The van der Waals surface area contributed by atoms with Gasteiger partial charge in [-0.2, -0.15) is 0 Å². The summed E-state index contributed by atoms with van der Waals surface area (Å²) in [6, 6.07) is 10.2. The van der Waals surface area contributed by atoms with E-state index in [2.05, 4.69) is 9.71 Å². The average Bonchev–Trinajstić information content (AvgIpc) is 2.97. The van der Waals surface area contributed by atoms with E-state index >= 15 is 0 Å². The number of sulfonamides is 1. The van der Waals surface area contributed by atoms with Crippen molar-refractivity contribution in [2.75, 3.05) is 4.72 Å². The van der Waals surface area contributed by atoms with Crippen LogP contribution >= 0.6 is 11.3 Å². The smallest absolute Gasteiger partial charge is 0.271 e. The van der Waals surface area contributed by atoms with Crippen molar-refractivity contribution in [2.45, 2.75) is 10.8 Å². The van der Waals surface area contributed by atoms with Gasteiger partial charge in [-0.25, -0.2) is 8.42 Å². The van der Waals surface area contributed by atoms with Crippen molar-refractivity contribution in [2.24, 2.45) is 0 Å². The Balaban J connectivity index is 2.01. The van der Waals surface area contributed by atoms with Gasteiger partial charge in [-0.1, -0.05) is 12.1 Å². The maximum Gasteiger partial charge on any atom is 0.271 e. The Morgan fingerprint density at radius 2 is 2.05 bits per heavy atom. The van der Waals surface area contributed by atoms with Gasteiger partial charge in [0.1, 0.15) is 4.21 Å². The van der Waals surface area contributed by atoms with Crippen LogP contribution in [0.15, 0.2) is 53.0 Å². The molecular formula is C14H12N2O3S2. The number of pyridine rings is 1. The summed E-state index contributed by atoms with van der Waals surface area (Å²) >= 11 is 1.05. The molecule has 0 fully saturated rings. The summed E-state index contributed by atoms with van der Waals surface area (Å²) in [6.45, 7) is -0.167. The fourth-order valence-corrected chi connectivity index (χ4v) is 4.29. The van der Waals surface area contributed by atoms with Crippen LogP contribution in [0.1, 0.15) is 4.88 Å². The molecule has 1 aromatic carbocycles. The lowest BCUT2D eigenvalue weighted by Crippen LogP contribution is -2.11. The zero-order valence-corrected chi connectivity index (χ0v) is 12.5. The highest BCUT2D eigenvalue weighted by Crippen LogP contribution is 2.27. The standard InChI is InChI=1S/C14H12N2O3S2/c17-9-11-4-5-14(20-11)21(18,19)16-13-3-1-2-10-8-15-7-6-12(10)13/h1-8,16-17H,9H2. The van der Waals surface area contributed by atoms with E-state index in [1.807, 2.05) is 6.07 Å². The van der Waals surface area contributed by atoms with E-state index < -0.39 is 10.0 Å². The molecule has 0 radical (unpaired) electrons. The molecule has 2 N–H and O–H groups in total. The van der Waals surface area contributed by atoms with Gasteiger partial charge in [-0.3, -0.25) is 9.71 Å². The maximum absolute atomic E-state index is 12.4. The number of aromatic nitrogens is 1. The number of fused-ring (bicyclic) bond motifs is 1. The topological polar surface area (TPSA) is 79.3 Å². The van der Waals surface area contributed by atoms with Gasteiger partial charge < -0.3 is 5.11 Å². The quantitative estimate of drug-likeness (QED) is 0.774. The van der Waals surface area contributed by atoms with E-state index in [4.69, 9.17) is 5.11 Å². The Bertz CT molecular complexity index is 883. The largest absolute Gasteiger partial charge is 0.391 e. The Kier molecular flexibility index (Phi) is 3.62. The molecule has 3 aromatic rings. The normalized spacial score (nSPS) is 11.7. The molecule has 108 valence electrons. The predicted octanol–water partition coefficient (Wildman–Crippen LogP) is 2.59. The van der Waals surface area contributed by atoms with Crippen molar-refractivity contribution in [3.05, 3.63) is 53.7 Å². The lowest BCUT2D eigenvalue weighted by atomic mass is 10.1. The third-order valence-corrected chi connectivity index (χ3v) is 5.91. The molecule has 0 amide bonds. The fraction of sp³-hybridized carbons (Fsp3) is 0.0714. The number of rotatable bonds is 4. The monoisotopic (exact) mass is 320 g/mol. The van der Waals surface area contributed by atoms with Crippen LogP contribution in [-0.2, 0) is 16.6 Å². The van der Waals surface area contributed by atoms with E-state index in [0.717, 1.165) is 22.1 Å². The van der Waals surface area contributed by atoms with Crippen molar-refractivity contribution in [3.63, 3.8) is 0 Å². The minimum Gasteiger partial charge on any atom is -0.391 e. The lowest BCUT2D eigenvalue weighted by Gasteiger charge is -2.09. The van der Waals surface area contributed by atoms with Gasteiger partial charge >= 0.3 is 0 Å². The van der Waals surface area contributed by atoms with Gasteiger partial charge in [0.25, 0.3) is 10.0 Å². The molecule has 0 spiro atoms. The van der Waals surface area contributed by atoms with Gasteiger partial charge in [-0.05, 0) is 24.3 Å². The van der Waals surface area contributed by atoms with Crippen molar-refractivity contribution in [3.8, 4) is 0 Å². The molecule has 0 aliphatic heterocycles. The molecule has 21 heavy (non-hydrogen) atoms. The van der Waals surface area contributed by atoms with Crippen LogP contribution in [0.2, 0.25) is 0 Å². The molecule has 5 nitrogen and oxygen atoms in total. The second-order valence-electron chi connectivity index (χ2n) is 4.39. The molecule has 2 heterocycles. The number of anilines is 1. The summed E-state index contributed by atoms with van der Waals surface area (Å²) in [4.78, 5) is 4.63. The summed E-state index contributed by atoms with van der Waals surface area (Å²) in [5, 5.41) is 10.7. The van der Waals surface area contributed by atoms with Crippen LogP contribution in [-0.4, -0.2) is 18.5 Å². The predicted molar refractivity (Wildman–Crippen MR) is 82.8 cm³/mol. The first-order valence-electron chi connectivity index (χ1n) is 6.15. The van der Waals surface area contributed by atoms with E-state index in [-0.39, 0.29) is 10.8 Å². The first kappa shape index (κ1) is 14.0. The summed E-state index contributed by atoms with van der Waals surface area (Å²) in [6.07, 6.45) is 3.30. The Morgan fingerprint density at radius 3 is 2.81 bits per heavy atom. The van der Waals surface area contributed by atoms with Gasteiger partial charge in [0.15, 0.2) is 0 Å². The number of aliphatic hydroxyl groups excluding tert-OH is 1. The summed E-state index contributed by atoms with van der Waals surface area (Å²) in [5.74, 6) is 0. The van der Waals surface area contributed by atoms with Crippen LogP contribution < -0.4 is 4.72 Å². The average molecular weight is 320 g/mol. The van der Waals surface area contributed by atoms with E-state index in [0.29, 0.717) is 10.6 Å². The van der Waals surface area contributed by atoms with E-state index in [1.54, 1.807) is 36.7 Å². The minimum absolute atomic E-state index is 0.167. The third-order valence-electron chi connectivity index (χ3n) is 2.98. The van der Waals surface area contributed by atoms with Gasteiger partial charge in [-0.15, -0.1) is 11.3 Å². The van der Waals surface area contributed by atoms with Crippen LogP contribution in [0, 0.1) is 0 Å². The first-order valence-corrected chi connectivity index (χ1v) is 8.45. The number of thiophene rings is 1. The molecule has 0 saturated heterocycles. The van der Waals surface area contributed by atoms with Crippen molar-refractivity contribution in [1.82, 2.24) is 4.98 Å². The second kappa shape index (κ2) is 5.44. The zero-order valence-electron chi connectivity index (χ0n) is 10.9. The molecule has 0 saturated carbocycles. The van der Waals surface area contributed by atoms with E-state index in [1.165, 1.54) is 6.07 Å². The Hall–Kier alpha value is -1.96. The van der Waals surface area contributed by atoms with Crippen molar-refractivity contribution < 1.29 is 13.5 Å². The molecule has 3 rings (SSSR count). The summed E-state index contributed by atoms with van der Waals surface area (Å²) in [5.41, 5.74) is 0.508. The highest BCUT2D eigenvalue weighted by molar-refractivity contribution is 7.94. The molecular weight excluding hydrogens is 308 g/mol. The van der Waals surface area contributed by atoms with E-state index in [9.17, 15) is 8.42 Å². The number of hydrogen-bond donors (Lipinski definition) is 2. The number of hydrogen-bond acceptors (Lipinski definition) is 5. The number of benzene rings is 1. The molecule has 0 bridgehead atoms. The molecule has 2 aromatic heterocycles. The van der Waals surface area contributed by atoms with Crippen molar-refractivity contribution in [1.29, 1.82) is 0 Å². The molecule has 0 atom stereocenters. The maximum atomic E-state index is 12.4. The fourth-order valence-electron chi connectivity index (χ4n) is 1.99. The summed E-state index contributed by atoms with van der Waals surface area (Å²) < 4.78 is 27.5. The van der Waals surface area contributed by atoms with Gasteiger partial charge in [0, 0.05) is 28.0 Å². The lowest BCUT2D eigenvalue weighted by molar-refractivity contribution is 0.285. The van der Waals surface area contributed by atoms with Gasteiger partial charge in [0.05, 0.1) is 12.3 Å². The molecule has 0 aliphatic carbocycles. The highest BCUT2D eigenvalue weighted by Gasteiger charge is 2.17. The van der Waals surface area contributed by atoms with Crippen molar-refractivity contribution >= 4 is 37.8 Å². The highest BCUT2D eigenvalue weighted by atomic mass is 32.2. The second-order valence-corrected chi connectivity index (χ2v) is 7.46. The Labute approximate surface area is 125 Å². The van der Waals surface area contributed by atoms with Crippen LogP contribution in [0.4, 0.5) is 5.69 Å². The molecule has 0 unspecified atom stereocenters.